The molecule has 0 saturated carbocycles. The van der Waals surface area contributed by atoms with Crippen LogP contribution in [0.25, 0.3) is 34.1 Å². The van der Waals surface area contributed by atoms with E-state index in [-0.39, 0.29) is 0 Å². The standard InChI is InChI=1S/C28H20NO2P/c1-3-11-23-19(7-1)15-16-20-8-2-4-12-24(20)29(23)32-30-25-13-5-9-21-17-18-22-10-6-14-26(31-32)28(22)27(21)25/h1-16H,17-18H2. The average Bonchev–Trinajstić information content (AvgIpc) is 3.11. The summed E-state index contributed by atoms with van der Waals surface area (Å²) in [7, 11) is -1.48. The first kappa shape index (κ1) is 17.9. The van der Waals surface area contributed by atoms with Crippen LogP contribution in [-0.4, -0.2) is 0 Å². The van der Waals surface area contributed by atoms with E-state index in [1.807, 2.05) is 0 Å². The van der Waals surface area contributed by atoms with Crippen LogP contribution in [0.2, 0.25) is 0 Å². The van der Waals surface area contributed by atoms with Crippen LogP contribution >= 0.6 is 8.16 Å². The maximum Gasteiger partial charge on any atom is 0.346 e. The second-order valence-corrected chi connectivity index (χ2v) is 9.50. The Morgan fingerprint density at radius 2 is 1.06 bits per heavy atom. The summed E-state index contributed by atoms with van der Waals surface area (Å²) in [6, 6.07) is 29.7. The van der Waals surface area contributed by atoms with Gasteiger partial charge in [0.1, 0.15) is 11.2 Å². The van der Waals surface area contributed by atoms with Gasteiger partial charge in [-0.3, -0.25) is 0 Å². The molecule has 2 aliphatic rings. The number of hydrogen-bond acceptors (Lipinski definition) is 3. The van der Waals surface area contributed by atoms with Crippen LogP contribution in [0.3, 0.4) is 0 Å². The van der Waals surface area contributed by atoms with Crippen LogP contribution in [0.5, 0.6) is 0 Å². The van der Waals surface area contributed by atoms with Gasteiger partial charge in [0.25, 0.3) is 0 Å². The van der Waals surface area contributed by atoms with Gasteiger partial charge in [-0.25, -0.2) is 4.67 Å². The summed E-state index contributed by atoms with van der Waals surface area (Å²) < 4.78 is 15.8. The van der Waals surface area contributed by atoms with Gasteiger partial charge in [-0.05, 0) is 59.4 Å². The van der Waals surface area contributed by atoms with E-state index in [0.29, 0.717) is 0 Å². The Bertz CT molecular complexity index is 1480. The minimum atomic E-state index is -1.48. The molecule has 0 radical (unpaired) electrons. The van der Waals surface area contributed by atoms with Crippen LogP contribution < -0.4 is 4.67 Å². The van der Waals surface area contributed by atoms with Gasteiger partial charge < -0.3 is 8.39 Å². The van der Waals surface area contributed by atoms with Crippen molar-refractivity contribution in [1.82, 2.24) is 0 Å². The van der Waals surface area contributed by atoms with Gasteiger partial charge in [-0.1, -0.05) is 72.8 Å². The zero-order chi connectivity index (χ0) is 21.1. The van der Waals surface area contributed by atoms with Crippen molar-refractivity contribution in [2.75, 3.05) is 4.67 Å². The molecule has 0 bridgehead atoms. The van der Waals surface area contributed by atoms with Crippen LogP contribution in [0, 0.1) is 0 Å². The summed E-state index contributed by atoms with van der Waals surface area (Å²) in [6.45, 7) is 0. The number of para-hydroxylation sites is 2. The molecule has 154 valence electrons. The van der Waals surface area contributed by atoms with Gasteiger partial charge in [-0.15, -0.1) is 0 Å². The number of aryl methyl sites for hydroxylation is 2. The van der Waals surface area contributed by atoms with Gasteiger partial charge in [0.15, 0.2) is 0 Å². The molecule has 7 rings (SSSR count). The minimum absolute atomic E-state index is 0.909. The SMILES string of the molecule is C1=Cc2ccccc2N(p2oc3cccc4c3c3c(cccc3o2)CC4)c2ccccc21. The van der Waals surface area contributed by atoms with Crippen LogP contribution in [-0.2, 0) is 12.8 Å². The van der Waals surface area contributed by atoms with E-state index >= 15 is 0 Å². The number of benzene rings is 4. The molecule has 0 saturated heterocycles. The summed E-state index contributed by atoms with van der Waals surface area (Å²) in [4.78, 5) is 0. The van der Waals surface area contributed by atoms with Crippen LogP contribution in [0.4, 0.5) is 11.4 Å². The summed E-state index contributed by atoms with van der Waals surface area (Å²) >= 11 is 0. The predicted molar refractivity (Wildman–Crippen MR) is 133 cm³/mol. The third-order valence-electron chi connectivity index (χ3n) is 6.43. The van der Waals surface area contributed by atoms with E-state index in [1.165, 1.54) is 21.9 Å². The lowest BCUT2D eigenvalue weighted by atomic mass is 9.90. The topological polar surface area (TPSA) is 29.5 Å². The second-order valence-electron chi connectivity index (χ2n) is 8.26. The molecule has 0 unspecified atom stereocenters. The van der Waals surface area contributed by atoms with Crippen molar-refractivity contribution in [2.24, 2.45) is 0 Å². The van der Waals surface area contributed by atoms with Gasteiger partial charge >= 0.3 is 8.16 Å². The molecule has 0 N–H and O–H groups in total. The monoisotopic (exact) mass is 433 g/mol. The Hall–Kier alpha value is -3.68. The largest absolute Gasteiger partial charge is 0.403 e. The maximum absolute atomic E-state index is 6.76. The molecule has 1 aliphatic carbocycles. The minimum Gasteiger partial charge on any atom is -0.403 e. The fourth-order valence-electron chi connectivity index (χ4n) is 4.96. The quantitative estimate of drug-likeness (QED) is 0.260. The van der Waals surface area contributed by atoms with Crippen LogP contribution in [0.1, 0.15) is 22.3 Å². The maximum atomic E-state index is 6.76. The van der Waals surface area contributed by atoms with Crippen molar-refractivity contribution in [2.45, 2.75) is 12.8 Å². The molecule has 0 fully saturated rings. The van der Waals surface area contributed by atoms with E-state index in [4.69, 9.17) is 8.39 Å². The van der Waals surface area contributed by atoms with Crippen molar-refractivity contribution in [3.05, 3.63) is 107 Å². The summed E-state index contributed by atoms with van der Waals surface area (Å²) in [5, 5.41) is 2.40. The fourth-order valence-corrected chi connectivity index (χ4v) is 6.51. The molecule has 32 heavy (non-hydrogen) atoms. The van der Waals surface area contributed by atoms with E-state index < -0.39 is 8.16 Å². The summed E-state index contributed by atoms with van der Waals surface area (Å²) in [6.07, 6.45) is 6.40. The fraction of sp³-hybridized carbons (Fsp3) is 0.0714. The number of anilines is 2. The molecule has 1 aliphatic heterocycles. The number of fused-ring (bicyclic) bond motifs is 2. The molecule has 3 nitrogen and oxygen atoms in total. The Morgan fingerprint density at radius 1 is 0.562 bits per heavy atom. The Balaban J connectivity index is 1.63. The van der Waals surface area contributed by atoms with E-state index in [9.17, 15) is 0 Å². The molecular weight excluding hydrogens is 413 g/mol. The summed E-state index contributed by atoms with van der Waals surface area (Å²) in [5.41, 5.74) is 8.96. The third-order valence-corrected chi connectivity index (χ3v) is 7.89. The van der Waals surface area contributed by atoms with E-state index in [1.54, 1.807) is 0 Å². The molecule has 2 heterocycles. The zero-order valence-electron chi connectivity index (χ0n) is 17.4. The molecule has 0 spiro atoms. The number of rotatable bonds is 1. The first-order chi connectivity index (χ1) is 15.9. The Morgan fingerprint density at radius 3 is 1.59 bits per heavy atom. The van der Waals surface area contributed by atoms with Crippen molar-refractivity contribution < 1.29 is 8.39 Å². The highest BCUT2D eigenvalue weighted by Gasteiger charge is 2.25. The predicted octanol–water partition coefficient (Wildman–Crippen LogP) is 8.47. The van der Waals surface area contributed by atoms with E-state index in [2.05, 4.69) is 102 Å². The highest BCUT2D eigenvalue weighted by atomic mass is 31.1. The highest BCUT2D eigenvalue weighted by Crippen LogP contribution is 2.50. The molecule has 4 aromatic carbocycles. The third kappa shape index (κ3) is 2.62. The van der Waals surface area contributed by atoms with Crippen molar-refractivity contribution in [3.63, 3.8) is 0 Å². The van der Waals surface area contributed by atoms with Gasteiger partial charge in [0.2, 0.25) is 0 Å². The van der Waals surface area contributed by atoms with Gasteiger partial charge in [0, 0.05) is 10.8 Å². The van der Waals surface area contributed by atoms with E-state index in [0.717, 1.165) is 46.5 Å². The average molecular weight is 433 g/mol. The van der Waals surface area contributed by atoms with Gasteiger partial charge in [-0.2, -0.15) is 0 Å². The van der Waals surface area contributed by atoms with Crippen molar-refractivity contribution in [3.8, 4) is 0 Å². The Kier molecular flexibility index (Phi) is 3.88. The number of hydrogen-bond donors (Lipinski definition) is 0. The first-order valence-corrected chi connectivity index (χ1v) is 12.1. The van der Waals surface area contributed by atoms with Gasteiger partial charge in [0.05, 0.1) is 11.4 Å². The smallest absolute Gasteiger partial charge is 0.346 e. The molecule has 0 atom stereocenters. The zero-order valence-corrected chi connectivity index (χ0v) is 18.3. The molecule has 1 aromatic heterocycles. The lowest BCUT2D eigenvalue weighted by molar-refractivity contribution is 0.640. The second kappa shape index (κ2) is 6.91. The van der Waals surface area contributed by atoms with Crippen molar-refractivity contribution >= 4 is 53.6 Å². The highest BCUT2D eigenvalue weighted by molar-refractivity contribution is 7.40. The lowest BCUT2D eigenvalue weighted by Crippen LogP contribution is -2.07. The molecular formula is C28H20NO2P. The normalized spacial score (nSPS) is 13.8. The summed E-state index contributed by atoms with van der Waals surface area (Å²) in [5.74, 6) is 0. The first-order valence-electron chi connectivity index (χ1n) is 10.9. The molecule has 5 aromatic rings. The molecule has 0 amide bonds. The number of nitrogens with zero attached hydrogens (tertiary/aromatic N) is 1. The molecule has 4 heteroatoms. The van der Waals surface area contributed by atoms with Crippen molar-refractivity contribution in [1.29, 1.82) is 0 Å². The lowest BCUT2D eigenvalue weighted by Gasteiger charge is -2.22. The van der Waals surface area contributed by atoms with Crippen LogP contribution in [0.15, 0.2) is 93.3 Å². The Labute approximate surface area is 186 Å².